The lowest BCUT2D eigenvalue weighted by Crippen LogP contribution is -2.52. The van der Waals surface area contributed by atoms with Gasteiger partial charge in [-0.1, -0.05) is 38.5 Å². The summed E-state index contributed by atoms with van der Waals surface area (Å²) in [4.78, 5) is 1.29. The van der Waals surface area contributed by atoms with Crippen LogP contribution in [0.5, 0.6) is 0 Å². The zero-order chi connectivity index (χ0) is 21.5. The van der Waals surface area contributed by atoms with E-state index in [1.807, 2.05) is 0 Å². The van der Waals surface area contributed by atoms with Gasteiger partial charge in [-0.3, -0.25) is 0 Å². The van der Waals surface area contributed by atoms with Gasteiger partial charge in [0.25, 0.3) is 0 Å². The van der Waals surface area contributed by atoms with Crippen molar-refractivity contribution in [1.82, 2.24) is 0 Å². The Hall–Kier alpha value is 0.880. The average molecular weight is 529 g/mol. The van der Waals surface area contributed by atoms with Crippen LogP contribution in [0, 0.1) is 0 Å². The molecule has 170 valence electrons. The van der Waals surface area contributed by atoms with E-state index >= 15 is 0 Å². The number of alkyl halides is 2. The summed E-state index contributed by atoms with van der Waals surface area (Å²) in [7, 11) is 0. The Balaban J connectivity index is 3.76. The summed E-state index contributed by atoms with van der Waals surface area (Å²) in [5.74, 6) is 0. The fraction of sp³-hybridized carbons (Fsp3) is 1.00. The standard InChI is InChI=1S/C24H52Br2N2/c1-7-27(8-2,9-3)23(25)21-19-17-15-13-14-16-18-20-22-24(26)28(10-4,11-5)12-6/h23-24H,7-22H2,1-6H3/q+2. The highest BCUT2D eigenvalue weighted by Gasteiger charge is 2.30. The first-order valence-corrected chi connectivity index (χ1v) is 14.2. The first kappa shape index (κ1) is 28.9. The summed E-state index contributed by atoms with van der Waals surface area (Å²) in [5, 5.41) is 0. The lowest BCUT2D eigenvalue weighted by atomic mass is 10.1. The third-order valence-corrected chi connectivity index (χ3v) is 10.3. The smallest absolute Gasteiger partial charge is 0.144 e. The zero-order valence-corrected chi connectivity index (χ0v) is 23.3. The molecule has 0 bridgehead atoms. The van der Waals surface area contributed by atoms with Crippen LogP contribution in [0.25, 0.3) is 0 Å². The SMILES string of the molecule is CC[N+](CC)(CC)C(Br)CCCCCCCCCCC(Br)[N+](CC)(CC)CC. The van der Waals surface area contributed by atoms with Crippen LogP contribution in [0.2, 0.25) is 0 Å². The predicted molar refractivity (Wildman–Crippen MR) is 135 cm³/mol. The van der Waals surface area contributed by atoms with Gasteiger partial charge in [0.05, 0.1) is 39.3 Å². The van der Waals surface area contributed by atoms with Crippen LogP contribution < -0.4 is 0 Å². The molecule has 0 aliphatic heterocycles. The van der Waals surface area contributed by atoms with Crippen LogP contribution in [-0.4, -0.2) is 58.1 Å². The van der Waals surface area contributed by atoms with Crippen molar-refractivity contribution in [2.75, 3.05) is 39.3 Å². The minimum absolute atomic E-state index is 0.643. The molecule has 0 aliphatic carbocycles. The monoisotopic (exact) mass is 526 g/mol. The number of hydrogen-bond donors (Lipinski definition) is 0. The molecule has 0 radical (unpaired) electrons. The Labute approximate surface area is 195 Å². The van der Waals surface area contributed by atoms with Gasteiger partial charge in [-0.25, -0.2) is 0 Å². The Morgan fingerprint density at radius 1 is 0.429 bits per heavy atom. The van der Waals surface area contributed by atoms with E-state index in [1.54, 1.807) is 0 Å². The van der Waals surface area contributed by atoms with E-state index in [2.05, 4.69) is 73.4 Å². The average Bonchev–Trinajstić information content (AvgIpc) is 2.72. The van der Waals surface area contributed by atoms with Crippen molar-refractivity contribution in [1.29, 1.82) is 0 Å². The van der Waals surface area contributed by atoms with E-state index in [4.69, 9.17) is 0 Å². The van der Waals surface area contributed by atoms with Gasteiger partial charge < -0.3 is 8.97 Å². The summed E-state index contributed by atoms with van der Waals surface area (Å²) < 4.78 is 2.45. The van der Waals surface area contributed by atoms with Crippen molar-refractivity contribution in [3.8, 4) is 0 Å². The highest BCUT2D eigenvalue weighted by molar-refractivity contribution is 9.09. The van der Waals surface area contributed by atoms with Crippen molar-refractivity contribution in [3.63, 3.8) is 0 Å². The highest BCUT2D eigenvalue weighted by atomic mass is 79.9. The van der Waals surface area contributed by atoms with E-state index in [9.17, 15) is 0 Å². The van der Waals surface area contributed by atoms with Crippen LogP contribution in [0.15, 0.2) is 0 Å². The Kier molecular flexibility index (Phi) is 17.1. The van der Waals surface area contributed by atoms with E-state index in [0.29, 0.717) is 9.90 Å². The second-order valence-corrected chi connectivity index (χ2v) is 10.7. The highest BCUT2D eigenvalue weighted by Crippen LogP contribution is 2.26. The summed E-state index contributed by atoms with van der Waals surface area (Å²) in [6.07, 6.45) is 13.9. The summed E-state index contributed by atoms with van der Waals surface area (Å²) in [6.45, 7) is 21.5. The molecule has 0 fully saturated rings. The molecular formula is C24H52Br2N2+2. The maximum Gasteiger partial charge on any atom is 0.144 e. The second-order valence-electron chi connectivity index (χ2n) is 8.61. The van der Waals surface area contributed by atoms with Crippen LogP contribution in [0.1, 0.15) is 106 Å². The number of hydrogen-bond acceptors (Lipinski definition) is 0. The van der Waals surface area contributed by atoms with E-state index in [1.165, 1.54) is 112 Å². The minimum Gasteiger partial charge on any atom is -0.313 e. The summed E-state index contributed by atoms with van der Waals surface area (Å²) in [6, 6.07) is 0. The second kappa shape index (κ2) is 16.6. The molecule has 2 unspecified atom stereocenters. The van der Waals surface area contributed by atoms with Gasteiger partial charge in [0, 0.05) is 12.8 Å². The molecular weight excluding hydrogens is 476 g/mol. The van der Waals surface area contributed by atoms with Crippen molar-refractivity contribution >= 4 is 31.9 Å². The molecule has 0 heterocycles. The molecule has 0 saturated carbocycles. The quantitative estimate of drug-likeness (QED) is 0.0688. The number of quaternary nitrogens is 2. The fourth-order valence-electron chi connectivity index (χ4n) is 4.76. The van der Waals surface area contributed by atoms with Crippen molar-refractivity contribution in [2.24, 2.45) is 0 Å². The van der Waals surface area contributed by atoms with Crippen molar-refractivity contribution in [2.45, 2.75) is 116 Å². The molecule has 0 aliphatic rings. The fourth-order valence-corrected chi connectivity index (χ4v) is 7.15. The van der Waals surface area contributed by atoms with E-state index < -0.39 is 0 Å². The largest absolute Gasteiger partial charge is 0.313 e. The molecule has 0 spiro atoms. The molecule has 0 amide bonds. The maximum absolute atomic E-state index is 4.00. The van der Waals surface area contributed by atoms with Gasteiger partial charge in [-0.15, -0.1) is 0 Å². The Bertz CT molecular complexity index is 304. The summed E-state index contributed by atoms with van der Waals surface area (Å²) in [5.41, 5.74) is 0. The first-order chi connectivity index (χ1) is 13.4. The third-order valence-electron chi connectivity index (χ3n) is 7.60. The maximum atomic E-state index is 4.00. The first-order valence-electron chi connectivity index (χ1n) is 12.4. The van der Waals surface area contributed by atoms with Crippen molar-refractivity contribution < 1.29 is 8.97 Å². The van der Waals surface area contributed by atoms with Crippen LogP contribution in [-0.2, 0) is 0 Å². The molecule has 28 heavy (non-hydrogen) atoms. The van der Waals surface area contributed by atoms with Crippen LogP contribution in [0.4, 0.5) is 0 Å². The number of nitrogens with zero attached hydrogens (tertiary/aromatic N) is 2. The van der Waals surface area contributed by atoms with Crippen LogP contribution in [0.3, 0.4) is 0 Å². The Morgan fingerprint density at radius 3 is 0.857 bits per heavy atom. The van der Waals surface area contributed by atoms with E-state index in [-0.39, 0.29) is 0 Å². The summed E-state index contributed by atoms with van der Waals surface area (Å²) >= 11 is 8.00. The molecule has 0 aromatic carbocycles. The molecule has 0 N–H and O–H groups in total. The molecule has 0 aromatic rings. The molecule has 0 aromatic heterocycles. The van der Waals surface area contributed by atoms with E-state index in [0.717, 1.165) is 0 Å². The zero-order valence-electron chi connectivity index (χ0n) is 20.1. The Morgan fingerprint density at radius 2 is 0.643 bits per heavy atom. The molecule has 2 nitrogen and oxygen atoms in total. The van der Waals surface area contributed by atoms with Crippen LogP contribution >= 0.6 is 31.9 Å². The molecule has 0 rings (SSSR count). The molecule has 2 atom stereocenters. The molecule has 4 heteroatoms. The van der Waals surface area contributed by atoms with Gasteiger partial charge in [-0.05, 0) is 86.2 Å². The van der Waals surface area contributed by atoms with Gasteiger partial charge in [-0.2, -0.15) is 0 Å². The van der Waals surface area contributed by atoms with Gasteiger partial charge in [0.1, 0.15) is 9.90 Å². The van der Waals surface area contributed by atoms with Crippen molar-refractivity contribution in [3.05, 3.63) is 0 Å². The predicted octanol–water partition coefficient (Wildman–Crippen LogP) is 8.08. The van der Waals surface area contributed by atoms with Gasteiger partial charge >= 0.3 is 0 Å². The number of rotatable bonds is 19. The topological polar surface area (TPSA) is 0 Å². The van der Waals surface area contributed by atoms with Gasteiger partial charge in [0.2, 0.25) is 0 Å². The lowest BCUT2D eigenvalue weighted by molar-refractivity contribution is -0.931. The lowest BCUT2D eigenvalue weighted by Gasteiger charge is -2.40. The third kappa shape index (κ3) is 9.35. The molecule has 0 saturated heterocycles. The number of halogens is 2. The minimum atomic E-state index is 0.643. The van der Waals surface area contributed by atoms with Gasteiger partial charge in [0.15, 0.2) is 0 Å². The number of unbranched alkanes of at least 4 members (excludes halogenated alkanes) is 7. The normalized spacial score (nSPS) is 15.0.